The molecular weight excluding hydrogens is 174 g/mol. The summed E-state index contributed by atoms with van der Waals surface area (Å²) in [6.45, 7) is 0. The Hall–Kier alpha value is 0.618. The number of rotatable bonds is 0. The quantitative estimate of drug-likeness (QED) is 0.516. The van der Waals surface area contributed by atoms with E-state index in [0.29, 0.717) is 0 Å². The maximum absolute atomic E-state index is 10.3. The predicted octanol–water partition coefficient (Wildman–Crippen LogP) is 1.25. The van der Waals surface area contributed by atoms with E-state index in [2.05, 4.69) is 0 Å². The third-order valence-electron chi connectivity index (χ3n) is 0. The summed E-state index contributed by atoms with van der Waals surface area (Å²) in [7, 11) is 0. The Kier molecular flexibility index (Phi) is 1.55. The zero-order valence-corrected chi connectivity index (χ0v) is 6.41. The molecule has 0 atom stereocenters. The van der Waals surface area contributed by atoms with Crippen molar-refractivity contribution < 1.29 is 3.02 Å². The van der Waals surface area contributed by atoms with Crippen LogP contribution in [-0.4, -0.2) is 18.8 Å². The Morgan fingerprint density at radius 3 is 1.20 bits per heavy atom. The Labute approximate surface area is 36.8 Å². The summed E-state index contributed by atoms with van der Waals surface area (Å²) in [5, 5.41) is 0. The zero-order chi connectivity index (χ0) is 4.50. The van der Waals surface area contributed by atoms with Gasteiger partial charge in [0.25, 0.3) is 0 Å². The summed E-state index contributed by atoms with van der Waals surface area (Å²) in [5.74, 6) is 0. The van der Waals surface area contributed by atoms with Gasteiger partial charge in [-0.05, 0) is 0 Å². The average molecular weight is 183 g/mol. The van der Waals surface area contributed by atoms with Gasteiger partial charge in [-0.3, -0.25) is 0 Å². The van der Waals surface area contributed by atoms with Crippen LogP contribution in [0.1, 0.15) is 0 Å². The predicted molar refractivity (Wildman–Crippen MR) is 24.0 cm³/mol. The van der Waals surface area contributed by atoms with Gasteiger partial charge >= 0.3 is 36.4 Å². The SMILES string of the molecule is [CH3][Sb]([CH3])([CH3])=[O]. The zero-order valence-electron chi connectivity index (χ0n) is 3.86. The van der Waals surface area contributed by atoms with Crippen molar-refractivity contribution in [3.8, 4) is 0 Å². The molecule has 0 aliphatic rings. The van der Waals surface area contributed by atoms with Gasteiger partial charge in [-0.25, -0.2) is 0 Å². The van der Waals surface area contributed by atoms with Gasteiger partial charge in [0, 0.05) is 0 Å². The average Bonchev–Trinajstić information content (AvgIpc) is 0.722. The molecule has 0 aromatic heterocycles. The fraction of sp³-hybridized carbons (Fsp3) is 1.00. The summed E-state index contributed by atoms with van der Waals surface area (Å²) in [6, 6.07) is 0. The molecule has 0 aliphatic heterocycles. The van der Waals surface area contributed by atoms with Crippen molar-refractivity contribution in [2.75, 3.05) is 0 Å². The molecule has 0 N–H and O–H groups in total. The van der Waals surface area contributed by atoms with Crippen molar-refractivity contribution >= 4 is 18.8 Å². The standard InChI is InChI=1S/3CH3.O.Sb/h3*1H3;;. The first kappa shape index (κ1) is 5.62. The van der Waals surface area contributed by atoms with Crippen LogP contribution in [0.25, 0.3) is 0 Å². The molecule has 0 heterocycles. The van der Waals surface area contributed by atoms with E-state index in [1.807, 2.05) is 14.6 Å². The topological polar surface area (TPSA) is 17.1 Å². The van der Waals surface area contributed by atoms with Crippen LogP contribution >= 0.6 is 0 Å². The second kappa shape index (κ2) is 1.38. The van der Waals surface area contributed by atoms with Gasteiger partial charge in [0.1, 0.15) is 0 Å². The van der Waals surface area contributed by atoms with E-state index in [1.54, 1.807) is 0 Å². The van der Waals surface area contributed by atoms with Crippen molar-refractivity contribution in [3.05, 3.63) is 0 Å². The van der Waals surface area contributed by atoms with Crippen molar-refractivity contribution in [1.29, 1.82) is 0 Å². The fourth-order valence-corrected chi connectivity index (χ4v) is 0. The number of hydrogen-bond donors (Lipinski definition) is 0. The molecule has 2 heteroatoms. The van der Waals surface area contributed by atoms with Gasteiger partial charge in [0.15, 0.2) is 0 Å². The summed E-state index contributed by atoms with van der Waals surface area (Å²) in [4.78, 5) is 5.50. The van der Waals surface area contributed by atoms with Crippen molar-refractivity contribution in [2.45, 2.75) is 14.6 Å². The normalized spacial score (nSPS) is 11.8. The van der Waals surface area contributed by atoms with Crippen LogP contribution in [0, 0.1) is 0 Å². The molecule has 1 nitrogen and oxygen atoms in total. The monoisotopic (exact) mass is 182 g/mol. The second-order valence-corrected chi connectivity index (χ2v) is 12.7. The molecule has 0 unspecified atom stereocenters. The third-order valence-corrected chi connectivity index (χ3v) is 0. The first-order chi connectivity index (χ1) is 2.00. The summed E-state index contributed by atoms with van der Waals surface area (Å²) >= 11 is -2.35. The van der Waals surface area contributed by atoms with E-state index in [9.17, 15) is 3.02 Å². The molecule has 0 radical (unpaired) electrons. The minimum absolute atomic E-state index is 1.83. The van der Waals surface area contributed by atoms with Gasteiger partial charge in [-0.1, -0.05) is 0 Å². The molecule has 0 spiro atoms. The van der Waals surface area contributed by atoms with Crippen LogP contribution in [0.2, 0.25) is 14.6 Å². The van der Waals surface area contributed by atoms with Gasteiger partial charge in [0.05, 0.1) is 0 Å². The number of hydrogen-bond acceptors (Lipinski definition) is 1. The minimum atomic E-state index is -2.35. The van der Waals surface area contributed by atoms with E-state index >= 15 is 0 Å². The molecule has 0 aliphatic carbocycles. The molecule has 0 rings (SSSR count). The fourth-order valence-electron chi connectivity index (χ4n) is 0. The Bertz CT molecular complexity index is 53.0. The van der Waals surface area contributed by atoms with E-state index in [0.717, 1.165) is 0 Å². The molecule has 0 saturated carbocycles. The Balaban J connectivity index is 3.47. The maximum atomic E-state index is 10.3. The van der Waals surface area contributed by atoms with Crippen LogP contribution in [0.4, 0.5) is 0 Å². The molecular formula is C3H9OSb. The van der Waals surface area contributed by atoms with Gasteiger partial charge in [-0.15, -0.1) is 0 Å². The van der Waals surface area contributed by atoms with Gasteiger partial charge < -0.3 is 0 Å². The van der Waals surface area contributed by atoms with Gasteiger partial charge in [0.2, 0.25) is 0 Å². The molecule has 32 valence electrons. The molecule has 0 saturated heterocycles. The summed E-state index contributed by atoms with van der Waals surface area (Å²) < 4.78 is 10.3. The Morgan fingerprint density at radius 2 is 1.20 bits per heavy atom. The van der Waals surface area contributed by atoms with Crippen molar-refractivity contribution in [2.24, 2.45) is 0 Å². The molecule has 0 bridgehead atoms. The first-order valence-electron chi connectivity index (χ1n) is 1.52. The summed E-state index contributed by atoms with van der Waals surface area (Å²) in [5.41, 5.74) is 0. The van der Waals surface area contributed by atoms with Gasteiger partial charge in [-0.2, -0.15) is 0 Å². The van der Waals surface area contributed by atoms with Crippen LogP contribution in [0.5, 0.6) is 0 Å². The Morgan fingerprint density at radius 1 is 1.20 bits per heavy atom. The van der Waals surface area contributed by atoms with Crippen molar-refractivity contribution in [1.82, 2.24) is 0 Å². The van der Waals surface area contributed by atoms with Crippen LogP contribution in [0.3, 0.4) is 0 Å². The summed E-state index contributed by atoms with van der Waals surface area (Å²) in [6.07, 6.45) is 0. The molecule has 0 aromatic rings. The van der Waals surface area contributed by atoms with Crippen LogP contribution in [0.15, 0.2) is 0 Å². The van der Waals surface area contributed by atoms with Crippen LogP contribution < -0.4 is 0 Å². The second-order valence-electron chi connectivity index (χ2n) is 1.89. The van der Waals surface area contributed by atoms with Crippen molar-refractivity contribution in [3.63, 3.8) is 0 Å². The first-order valence-corrected chi connectivity index (χ1v) is 10.2. The molecule has 0 amide bonds. The molecule has 0 fully saturated rings. The van der Waals surface area contributed by atoms with E-state index in [1.165, 1.54) is 0 Å². The van der Waals surface area contributed by atoms with Crippen LogP contribution in [-0.2, 0) is 3.02 Å². The van der Waals surface area contributed by atoms with E-state index in [4.69, 9.17) is 0 Å². The molecule has 5 heavy (non-hydrogen) atoms. The molecule has 0 aromatic carbocycles. The van der Waals surface area contributed by atoms with E-state index < -0.39 is 18.8 Å². The third kappa shape index (κ3) is 82.8. The van der Waals surface area contributed by atoms with E-state index in [-0.39, 0.29) is 0 Å².